The predicted octanol–water partition coefficient (Wildman–Crippen LogP) is 4.39. The second-order valence-electron chi connectivity index (χ2n) is 3.42. The van der Waals surface area contributed by atoms with Gasteiger partial charge in [-0.3, -0.25) is 0 Å². The molecule has 0 amide bonds. The van der Waals surface area contributed by atoms with Crippen molar-refractivity contribution in [2.75, 3.05) is 0 Å². The van der Waals surface area contributed by atoms with Crippen molar-refractivity contribution in [3.63, 3.8) is 0 Å². The van der Waals surface area contributed by atoms with Crippen LogP contribution in [0.5, 0.6) is 0 Å². The van der Waals surface area contributed by atoms with E-state index in [-0.39, 0.29) is 12.8 Å². The molecule has 0 atom stereocenters. The molecule has 0 N–H and O–H groups in total. The molecule has 0 saturated heterocycles. The maximum Gasteiger partial charge on any atom is 0.248 e. The molecule has 74 valence electrons. The van der Waals surface area contributed by atoms with E-state index in [0.717, 1.165) is 19.3 Å². The second-order valence-corrected chi connectivity index (χ2v) is 3.42. The largest absolute Gasteiger partial charge is 0.248 e. The van der Waals surface area contributed by atoms with E-state index in [9.17, 15) is 8.78 Å². The zero-order valence-electron chi connectivity index (χ0n) is 8.21. The Morgan fingerprint density at radius 3 is 2.00 bits per heavy atom. The van der Waals surface area contributed by atoms with Crippen LogP contribution < -0.4 is 0 Å². The summed E-state index contributed by atoms with van der Waals surface area (Å²) in [5.74, 6) is -2.40. The van der Waals surface area contributed by atoms with Gasteiger partial charge < -0.3 is 0 Å². The second kappa shape index (κ2) is 6.38. The SMILES string of the molecule is CCCCCCC(F)(F)CCC. The average molecular weight is 178 g/mol. The molecule has 0 nitrogen and oxygen atoms in total. The molecule has 0 bridgehead atoms. The lowest BCUT2D eigenvalue weighted by molar-refractivity contribution is -0.0189. The van der Waals surface area contributed by atoms with E-state index in [0.29, 0.717) is 12.8 Å². The summed E-state index contributed by atoms with van der Waals surface area (Å²) < 4.78 is 25.7. The Morgan fingerprint density at radius 2 is 1.50 bits per heavy atom. The van der Waals surface area contributed by atoms with Gasteiger partial charge in [-0.1, -0.05) is 39.5 Å². The van der Waals surface area contributed by atoms with Crippen LogP contribution in [0.2, 0.25) is 0 Å². The zero-order chi connectivity index (χ0) is 9.45. The highest BCUT2D eigenvalue weighted by molar-refractivity contribution is 4.64. The van der Waals surface area contributed by atoms with Crippen LogP contribution >= 0.6 is 0 Å². The molecule has 0 heterocycles. The number of hydrogen-bond acceptors (Lipinski definition) is 0. The summed E-state index contributed by atoms with van der Waals surface area (Å²) in [6, 6.07) is 0. The molecule has 0 aliphatic rings. The van der Waals surface area contributed by atoms with Gasteiger partial charge in [0.15, 0.2) is 0 Å². The standard InChI is InChI=1S/C10H20F2/c1-3-5-6-7-9-10(11,12)8-4-2/h3-9H2,1-2H3. The minimum atomic E-state index is -2.40. The van der Waals surface area contributed by atoms with E-state index in [2.05, 4.69) is 6.92 Å². The fourth-order valence-electron chi connectivity index (χ4n) is 1.30. The first-order chi connectivity index (χ1) is 5.62. The van der Waals surface area contributed by atoms with Gasteiger partial charge >= 0.3 is 0 Å². The fourth-order valence-corrected chi connectivity index (χ4v) is 1.30. The first-order valence-corrected chi connectivity index (χ1v) is 5.00. The minimum Gasteiger partial charge on any atom is -0.207 e. The third kappa shape index (κ3) is 6.56. The molecule has 12 heavy (non-hydrogen) atoms. The normalized spacial score (nSPS) is 12.0. The Kier molecular flexibility index (Phi) is 6.31. The molecule has 2 heteroatoms. The molecule has 0 rings (SSSR count). The van der Waals surface area contributed by atoms with Crippen molar-refractivity contribution >= 4 is 0 Å². The van der Waals surface area contributed by atoms with Crippen LogP contribution in [0.4, 0.5) is 8.78 Å². The number of alkyl halides is 2. The van der Waals surface area contributed by atoms with Crippen molar-refractivity contribution in [2.45, 2.75) is 64.7 Å². The first kappa shape index (κ1) is 11.9. The molecule has 0 radical (unpaired) electrons. The van der Waals surface area contributed by atoms with Crippen LogP contribution in [0, 0.1) is 0 Å². The van der Waals surface area contributed by atoms with Crippen molar-refractivity contribution in [2.24, 2.45) is 0 Å². The Hall–Kier alpha value is -0.140. The van der Waals surface area contributed by atoms with Crippen LogP contribution in [0.1, 0.15) is 58.8 Å². The molecule has 0 aliphatic carbocycles. The van der Waals surface area contributed by atoms with Gasteiger partial charge in [-0.2, -0.15) is 0 Å². The van der Waals surface area contributed by atoms with Crippen molar-refractivity contribution in [1.82, 2.24) is 0 Å². The summed E-state index contributed by atoms with van der Waals surface area (Å²) in [5, 5.41) is 0. The van der Waals surface area contributed by atoms with E-state index in [1.165, 1.54) is 0 Å². The smallest absolute Gasteiger partial charge is 0.207 e. The van der Waals surface area contributed by atoms with Gasteiger partial charge in [0.1, 0.15) is 0 Å². The van der Waals surface area contributed by atoms with Crippen molar-refractivity contribution in [3.05, 3.63) is 0 Å². The average Bonchev–Trinajstić information content (AvgIpc) is 1.98. The number of rotatable bonds is 7. The lowest BCUT2D eigenvalue weighted by Crippen LogP contribution is -2.14. The molecular formula is C10H20F2. The van der Waals surface area contributed by atoms with Crippen molar-refractivity contribution in [3.8, 4) is 0 Å². The van der Waals surface area contributed by atoms with Crippen LogP contribution in [-0.2, 0) is 0 Å². The first-order valence-electron chi connectivity index (χ1n) is 5.00. The molecular weight excluding hydrogens is 158 g/mol. The van der Waals surface area contributed by atoms with Gasteiger partial charge in [0.2, 0.25) is 5.92 Å². The lowest BCUT2D eigenvalue weighted by Gasteiger charge is -2.14. The number of unbranched alkanes of at least 4 members (excludes halogenated alkanes) is 3. The quantitative estimate of drug-likeness (QED) is 0.507. The van der Waals surface area contributed by atoms with E-state index < -0.39 is 5.92 Å². The van der Waals surface area contributed by atoms with Gasteiger partial charge in [0.05, 0.1) is 0 Å². The molecule has 0 aromatic carbocycles. The van der Waals surface area contributed by atoms with Crippen LogP contribution in [0.25, 0.3) is 0 Å². The molecule has 0 spiro atoms. The van der Waals surface area contributed by atoms with Crippen molar-refractivity contribution < 1.29 is 8.78 Å². The molecule has 0 aromatic heterocycles. The molecule has 0 aromatic rings. The maximum absolute atomic E-state index is 12.9. The Labute approximate surface area is 74.4 Å². The predicted molar refractivity (Wildman–Crippen MR) is 48.6 cm³/mol. The highest BCUT2D eigenvalue weighted by Gasteiger charge is 2.26. The summed E-state index contributed by atoms with van der Waals surface area (Å²) in [6.45, 7) is 3.89. The summed E-state index contributed by atoms with van der Waals surface area (Å²) in [5.41, 5.74) is 0. The third-order valence-corrected chi connectivity index (χ3v) is 2.01. The highest BCUT2D eigenvalue weighted by atomic mass is 19.3. The molecule has 0 fully saturated rings. The Bertz CT molecular complexity index is 100. The topological polar surface area (TPSA) is 0 Å². The van der Waals surface area contributed by atoms with Gasteiger partial charge in [0.25, 0.3) is 0 Å². The monoisotopic (exact) mass is 178 g/mol. The lowest BCUT2D eigenvalue weighted by atomic mass is 10.1. The molecule has 0 unspecified atom stereocenters. The van der Waals surface area contributed by atoms with Gasteiger partial charge in [-0.15, -0.1) is 0 Å². The van der Waals surface area contributed by atoms with Crippen LogP contribution in [-0.4, -0.2) is 5.92 Å². The maximum atomic E-state index is 12.9. The molecule has 0 saturated carbocycles. The van der Waals surface area contributed by atoms with E-state index in [4.69, 9.17) is 0 Å². The van der Waals surface area contributed by atoms with Crippen LogP contribution in [0.3, 0.4) is 0 Å². The summed E-state index contributed by atoms with van der Waals surface area (Å²) in [7, 11) is 0. The highest BCUT2D eigenvalue weighted by Crippen LogP contribution is 2.26. The van der Waals surface area contributed by atoms with Gasteiger partial charge in [-0.05, 0) is 6.42 Å². The summed E-state index contributed by atoms with van der Waals surface area (Å²) in [4.78, 5) is 0. The Morgan fingerprint density at radius 1 is 0.833 bits per heavy atom. The minimum absolute atomic E-state index is 0.0547. The van der Waals surface area contributed by atoms with E-state index in [1.54, 1.807) is 6.92 Å². The Balaban J connectivity index is 3.33. The number of halogens is 2. The van der Waals surface area contributed by atoms with Gasteiger partial charge in [0, 0.05) is 12.8 Å². The third-order valence-electron chi connectivity index (χ3n) is 2.01. The number of hydrogen-bond donors (Lipinski definition) is 0. The summed E-state index contributed by atoms with van der Waals surface area (Å²) in [6.07, 6.45) is 4.55. The summed E-state index contributed by atoms with van der Waals surface area (Å²) >= 11 is 0. The van der Waals surface area contributed by atoms with Crippen molar-refractivity contribution in [1.29, 1.82) is 0 Å². The van der Waals surface area contributed by atoms with E-state index in [1.807, 2.05) is 0 Å². The fraction of sp³-hybridized carbons (Fsp3) is 1.00. The van der Waals surface area contributed by atoms with E-state index >= 15 is 0 Å². The van der Waals surface area contributed by atoms with Crippen LogP contribution in [0.15, 0.2) is 0 Å². The molecule has 0 aliphatic heterocycles. The zero-order valence-corrected chi connectivity index (χ0v) is 8.21. The van der Waals surface area contributed by atoms with Gasteiger partial charge in [-0.25, -0.2) is 8.78 Å².